The Labute approximate surface area is 143 Å². The Morgan fingerprint density at radius 3 is 2.62 bits per heavy atom. The van der Waals surface area contributed by atoms with Crippen molar-refractivity contribution in [3.05, 3.63) is 66.4 Å². The Morgan fingerprint density at radius 1 is 0.958 bits per heavy atom. The molecule has 0 unspecified atom stereocenters. The maximum Gasteiger partial charge on any atom is 0.0724 e. The summed E-state index contributed by atoms with van der Waals surface area (Å²) in [5.41, 5.74) is 4.67. The van der Waals surface area contributed by atoms with E-state index in [0.29, 0.717) is 6.04 Å². The Kier molecular flexibility index (Phi) is 4.32. The van der Waals surface area contributed by atoms with E-state index in [2.05, 4.69) is 64.1 Å². The van der Waals surface area contributed by atoms with Gasteiger partial charge in [0, 0.05) is 35.5 Å². The molecule has 0 radical (unpaired) electrons. The predicted octanol–water partition coefficient (Wildman–Crippen LogP) is 5.20. The van der Waals surface area contributed by atoms with Gasteiger partial charge in [0.1, 0.15) is 0 Å². The van der Waals surface area contributed by atoms with Gasteiger partial charge in [-0.05, 0) is 42.7 Å². The summed E-state index contributed by atoms with van der Waals surface area (Å²) in [6.45, 7) is 0.831. The second-order valence-corrected chi connectivity index (χ2v) is 6.56. The smallest absolute Gasteiger partial charge is 0.0724 e. The van der Waals surface area contributed by atoms with Gasteiger partial charge in [0.05, 0.1) is 5.52 Å². The molecule has 24 heavy (non-hydrogen) atoms. The van der Waals surface area contributed by atoms with Crippen LogP contribution in [0.5, 0.6) is 0 Å². The minimum Gasteiger partial charge on any atom is -0.382 e. The highest BCUT2D eigenvalue weighted by atomic mass is 14.9. The molecule has 1 aliphatic carbocycles. The molecule has 3 nitrogen and oxygen atoms in total. The Balaban J connectivity index is 1.56. The van der Waals surface area contributed by atoms with E-state index in [9.17, 15) is 0 Å². The van der Waals surface area contributed by atoms with E-state index in [1.165, 1.54) is 42.3 Å². The van der Waals surface area contributed by atoms with Gasteiger partial charge in [-0.3, -0.25) is 4.98 Å². The van der Waals surface area contributed by atoms with Crippen LogP contribution >= 0.6 is 0 Å². The van der Waals surface area contributed by atoms with Crippen LogP contribution in [0.3, 0.4) is 0 Å². The Morgan fingerprint density at radius 2 is 1.79 bits per heavy atom. The van der Waals surface area contributed by atoms with Crippen LogP contribution in [0.4, 0.5) is 11.4 Å². The number of benzene rings is 2. The molecule has 1 fully saturated rings. The van der Waals surface area contributed by atoms with Crippen molar-refractivity contribution < 1.29 is 0 Å². The Hall–Kier alpha value is -2.55. The first-order valence-electron chi connectivity index (χ1n) is 8.81. The van der Waals surface area contributed by atoms with Crippen molar-refractivity contribution in [3.8, 4) is 0 Å². The van der Waals surface area contributed by atoms with Crippen LogP contribution in [-0.2, 0) is 6.54 Å². The lowest BCUT2D eigenvalue weighted by molar-refractivity contribution is 0.756. The molecule has 3 aromatic rings. The lowest BCUT2D eigenvalue weighted by atomic mass is 10.1. The number of nitrogens with zero attached hydrogens (tertiary/aromatic N) is 1. The fraction of sp³-hybridized carbons (Fsp3) is 0.286. The molecule has 0 amide bonds. The van der Waals surface area contributed by atoms with E-state index >= 15 is 0 Å². The molecule has 1 saturated carbocycles. The van der Waals surface area contributed by atoms with Crippen molar-refractivity contribution in [3.63, 3.8) is 0 Å². The molecule has 0 spiro atoms. The van der Waals surface area contributed by atoms with E-state index < -0.39 is 0 Å². The van der Waals surface area contributed by atoms with Gasteiger partial charge in [-0.15, -0.1) is 0 Å². The molecule has 0 aliphatic heterocycles. The molecule has 122 valence electrons. The quantitative estimate of drug-likeness (QED) is 0.679. The maximum absolute atomic E-state index is 4.51. The molecule has 2 aromatic carbocycles. The fourth-order valence-corrected chi connectivity index (χ4v) is 3.47. The SMILES string of the molecule is c1ccc(CNc2ccc3nccc(NC4CCCC4)c3c2)cc1. The number of aromatic nitrogens is 1. The number of nitrogens with one attached hydrogen (secondary N) is 2. The topological polar surface area (TPSA) is 37.0 Å². The van der Waals surface area contributed by atoms with Crippen molar-refractivity contribution in [2.24, 2.45) is 0 Å². The standard InChI is InChI=1S/C21H23N3/c1-2-6-16(7-3-1)15-23-18-10-11-20-19(14-18)21(12-13-22-20)24-17-8-4-5-9-17/h1-3,6-7,10-14,17,23H,4-5,8-9,15H2,(H,22,24). The third-order valence-electron chi connectivity index (χ3n) is 4.80. The zero-order valence-corrected chi connectivity index (χ0v) is 13.8. The minimum absolute atomic E-state index is 0.608. The maximum atomic E-state index is 4.51. The summed E-state index contributed by atoms with van der Waals surface area (Å²) in [4.78, 5) is 4.51. The number of hydrogen-bond donors (Lipinski definition) is 2. The van der Waals surface area contributed by atoms with E-state index in [1.807, 2.05) is 12.3 Å². The lowest BCUT2D eigenvalue weighted by Gasteiger charge is -2.16. The number of pyridine rings is 1. The third-order valence-corrected chi connectivity index (χ3v) is 4.80. The normalized spacial score (nSPS) is 14.8. The van der Waals surface area contributed by atoms with Crippen LogP contribution in [0, 0.1) is 0 Å². The van der Waals surface area contributed by atoms with Gasteiger partial charge in [0.25, 0.3) is 0 Å². The minimum atomic E-state index is 0.608. The summed E-state index contributed by atoms with van der Waals surface area (Å²) < 4.78 is 0. The van der Waals surface area contributed by atoms with E-state index in [-0.39, 0.29) is 0 Å². The van der Waals surface area contributed by atoms with E-state index in [4.69, 9.17) is 0 Å². The van der Waals surface area contributed by atoms with Crippen molar-refractivity contribution in [1.82, 2.24) is 4.98 Å². The van der Waals surface area contributed by atoms with Crippen LogP contribution in [0.25, 0.3) is 10.9 Å². The number of rotatable bonds is 5. The molecule has 0 saturated heterocycles. The number of anilines is 2. The van der Waals surface area contributed by atoms with Crippen molar-refractivity contribution in [1.29, 1.82) is 0 Å². The molecular formula is C21H23N3. The summed E-state index contributed by atoms with van der Waals surface area (Å²) >= 11 is 0. The molecule has 4 rings (SSSR count). The van der Waals surface area contributed by atoms with Crippen molar-refractivity contribution in [2.75, 3.05) is 10.6 Å². The van der Waals surface area contributed by atoms with Crippen LogP contribution in [0.15, 0.2) is 60.8 Å². The van der Waals surface area contributed by atoms with Crippen LogP contribution in [-0.4, -0.2) is 11.0 Å². The van der Waals surface area contributed by atoms with E-state index in [1.54, 1.807) is 0 Å². The highest BCUT2D eigenvalue weighted by molar-refractivity contribution is 5.93. The van der Waals surface area contributed by atoms with Crippen LogP contribution in [0.2, 0.25) is 0 Å². The second-order valence-electron chi connectivity index (χ2n) is 6.56. The highest BCUT2D eigenvalue weighted by Gasteiger charge is 2.15. The summed E-state index contributed by atoms with van der Waals surface area (Å²) in [6.07, 6.45) is 7.12. The average Bonchev–Trinajstić information content (AvgIpc) is 3.14. The molecule has 0 atom stereocenters. The van der Waals surface area contributed by atoms with Gasteiger partial charge >= 0.3 is 0 Å². The van der Waals surface area contributed by atoms with E-state index in [0.717, 1.165) is 17.7 Å². The van der Waals surface area contributed by atoms with Crippen LogP contribution in [0.1, 0.15) is 31.2 Å². The molecule has 0 bridgehead atoms. The average molecular weight is 317 g/mol. The first kappa shape index (κ1) is 15.0. The van der Waals surface area contributed by atoms with Gasteiger partial charge < -0.3 is 10.6 Å². The van der Waals surface area contributed by atoms with Crippen LogP contribution < -0.4 is 10.6 Å². The van der Waals surface area contributed by atoms with Gasteiger partial charge in [0.2, 0.25) is 0 Å². The van der Waals surface area contributed by atoms with Gasteiger partial charge in [-0.2, -0.15) is 0 Å². The number of fused-ring (bicyclic) bond motifs is 1. The number of hydrogen-bond acceptors (Lipinski definition) is 3. The first-order chi connectivity index (χ1) is 11.9. The summed E-state index contributed by atoms with van der Waals surface area (Å²) in [5, 5.41) is 8.43. The summed E-state index contributed by atoms with van der Waals surface area (Å²) in [5.74, 6) is 0. The Bertz CT molecular complexity index is 808. The lowest BCUT2D eigenvalue weighted by Crippen LogP contribution is -2.14. The zero-order valence-electron chi connectivity index (χ0n) is 13.8. The zero-order chi connectivity index (χ0) is 16.2. The van der Waals surface area contributed by atoms with Gasteiger partial charge in [-0.25, -0.2) is 0 Å². The molecule has 2 N–H and O–H groups in total. The summed E-state index contributed by atoms with van der Waals surface area (Å²) in [6, 6.07) is 19.6. The second kappa shape index (κ2) is 6.91. The predicted molar refractivity (Wildman–Crippen MR) is 101 cm³/mol. The third kappa shape index (κ3) is 3.35. The molecule has 1 aromatic heterocycles. The van der Waals surface area contributed by atoms with Gasteiger partial charge in [-0.1, -0.05) is 43.2 Å². The van der Waals surface area contributed by atoms with Gasteiger partial charge in [0.15, 0.2) is 0 Å². The first-order valence-corrected chi connectivity index (χ1v) is 8.81. The largest absolute Gasteiger partial charge is 0.382 e. The molecule has 1 aliphatic rings. The fourth-order valence-electron chi connectivity index (χ4n) is 3.47. The van der Waals surface area contributed by atoms with Crippen molar-refractivity contribution in [2.45, 2.75) is 38.3 Å². The highest BCUT2D eigenvalue weighted by Crippen LogP contribution is 2.28. The summed E-state index contributed by atoms with van der Waals surface area (Å²) in [7, 11) is 0. The molecular weight excluding hydrogens is 294 g/mol. The van der Waals surface area contributed by atoms with Crippen molar-refractivity contribution >= 4 is 22.3 Å². The monoisotopic (exact) mass is 317 g/mol. The molecule has 3 heteroatoms. The molecule has 1 heterocycles.